The van der Waals surface area contributed by atoms with Crippen LogP contribution in [-0.4, -0.2) is 108 Å². The number of methoxy groups -OCH3 is 3. The highest BCUT2D eigenvalue weighted by atomic mass is 32.3. The van der Waals surface area contributed by atoms with Crippen molar-refractivity contribution in [1.82, 2.24) is 10.3 Å². The van der Waals surface area contributed by atoms with Crippen molar-refractivity contribution in [2.75, 3.05) is 88.8 Å². The number of nitrogens with one attached hydrogen (secondary N) is 1. The maximum absolute atomic E-state index is 14.0. The molecule has 1 aliphatic carbocycles. The molecule has 1 heterocycles. The number of amides is 1. The van der Waals surface area contributed by atoms with Crippen molar-refractivity contribution in [3.8, 4) is 0 Å². The van der Waals surface area contributed by atoms with Gasteiger partial charge < -0.3 is 34.5 Å². The van der Waals surface area contributed by atoms with Crippen molar-refractivity contribution in [2.45, 2.75) is 31.8 Å². The topological polar surface area (TPSA) is 102 Å². The van der Waals surface area contributed by atoms with Crippen LogP contribution >= 0.6 is 8.94 Å². The molecule has 1 fully saturated rings. The second kappa shape index (κ2) is 14.8. The number of carbonyl (C=O) groups is 1. The average molecular weight is 604 g/mol. The molecule has 42 heavy (non-hydrogen) atoms. The first kappa shape index (κ1) is 34.0. The first-order valence-electron chi connectivity index (χ1n) is 14.7. The van der Waals surface area contributed by atoms with E-state index in [0.717, 1.165) is 17.9 Å². The van der Waals surface area contributed by atoms with Crippen molar-refractivity contribution in [1.29, 1.82) is 0 Å². The second-order valence-corrected chi connectivity index (χ2v) is 18.7. The Labute approximate surface area is 253 Å². The number of hydrogen-bond acceptors (Lipinski definition) is 8. The van der Waals surface area contributed by atoms with E-state index >= 15 is 0 Å². The number of ether oxygens (including phenoxy) is 3. The van der Waals surface area contributed by atoms with Gasteiger partial charge in [-0.15, -0.1) is 0 Å². The van der Waals surface area contributed by atoms with E-state index in [9.17, 15) is 4.79 Å². The highest BCUT2D eigenvalue weighted by molar-refractivity contribution is 8.46. The maximum atomic E-state index is 14.0. The summed E-state index contributed by atoms with van der Waals surface area (Å²) in [5.41, 5.74) is 8.14. The van der Waals surface area contributed by atoms with Gasteiger partial charge in [0.15, 0.2) is 0 Å². The fourth-order valence-electron chi connectivity index (χ4n) is 5.07. The summed E-state index contributed by atoms with van der Waals surface area (Å²) in [6.07, 6.45) is 8.27. The first-order chi connectivity index (χ1) is 19.8. The van der Waals surface area contributed by atoms with Crippen LogP contribution in [0.5, 0.6) is 0 Å². The molecule has 0 radical (unpaired) electrons. The number of carbonyl (C=O) groups excluding carboxylic acids is 1. The quantitative estimate of drug-likeness (QED) is 0.250. The predicted molar refractivity (Wildman–Crippen MR) is 179 cm³/mol. The van der Waals surface area contributed by atoms with E-state index in [1.165, 1.54) is 6.42 Å². The summed E-state index contributed by atoms with van der Waals surface area (Å²) in [5, 5.41) is 3.23. The highest BCUT2D eigenvalue weighted by Crippen LogP contribution is 2.51. The van der Waals surface area contributed by atoms with Crippen molar-refractivity contribution in [2.24, 2.45) is 17.6 Å². The molecule has 3 rings (SSSR count). The SMILES string of the molecule is C=S(C)(C)(C)N(CCOC)c1cc(C(=O)N[C@@H](Cc2ccccc2)C(N)COC)cc(N(CCOC)CC2CC2C)n1. The van der Waals surface area contributed by atoms with Crippen LogP contribution < -0.4 is 20.3 Å². The van der Waals surface area contributed by atoms with Gasteiger partial charge in [-0.2, -0.15) is 8.94 Å². The number of benzene rings is 1. The van der Waals surface area contributed by atoms with Crippen molar-refractivity contribution in [3.63, 3.8) is 0 Å². The third kappa shape index (κ3) is 10.1. The lowest BCUT2D eigenvalue weighted by Crippen LogP contribution is -2.51. The van der Waals surface area contributed by atoms with Gasteiger partial charge in [0.25, 0.3) is 5.91 Å². The minimum absolute atomic E-state index is 0.199. The molecule has 1 aromatic carbocycles. The average Bonchev–Trinajstić information content (AvgIpc) is 3.64. The summed E-state index contributed by atoms with van der Waals surface area (Å²) >= 11 is 0. The lowest BCUT2D eigenvalue weighted by molar-refractivity contribution is 0.0913. The van der Waals surface area contributed by atoms with Gasteiger partial charge in [0.2, 0.25) is 0 Å². The first-order valence-corrected chi connectivity index (χ1v) is 18.1. The molecule has 3 N–H and O–H groups in total. The molecule has 0 saturated heterocycles. The molecule has 9 nitrogen and oxygen atoms in total. The van der Waals surface area contributed by atoms with E-state index in [-0.39, 0.29) is 18.0 Å². The zero-order valence-corrected chi connectivity index (χ0v) is 27.5. The maximum Gasteiger partial charge on any atom is 0.251 e. The summed E-state index contributed by atoms with van der Waals surface area (Å²) in [6.45, 7) is 5.85. The molecule has 0 bridgehead atoms. The molecule has 10 heteroatoms. The van der Waals surface area contributed by atoms with E-state index in [4.69, 9.17) is 24.9 Å². The molecule has 4 atom stereocenters. The lowest BCUT2D eigenvalue weighted by Gasteiger charge is -2.49. The van der Waals surface area contributed by atoms with Crippen molar-refractivity contribution >= 4 is 32.3 Å². The summed E-state index contributed by atoms with van der Waals surface area (Å²) in [6, 6.07) is 13.1. The number of nitrogens with two attached hydrogens (primary N) is 1. The molecule has 1 amide bonds. The lowest BCUT2D eigenvalue weighted by atomic mass is 9.99. The Kier molecular flexibility index (Phi) is 12.0. The van der Waals surface area contributed by atoms with Crippen LogP contribution in [0.1, 0.15) is 29.3 Å². The van der Waals surface area contributed by atoms with Crippen LogP contribution in [0.25, 0.3) is 0 Å². The van der Waals surface area contributed by atoms with Gasteiger partial charge in [0.05, 0.1) is 32.4 Å². The molecule has 1 aliphatic rings. The molecule has 2 aromatic rings. The molecule has 3 unspecified atom stereocenters. The fraction of sp³-hybridized carbons (Fsp3) is 0.594. The van der Waals surface area contributed by atoms with Crippen LogP contribution in [0.2, 0.25) is 0 Å². The standard InChI is InChI=1S/C32H53N5O4S/c1-24-18-27(24)22-36(14-16-39-2)30-20-26(21-31(35-30)37(15-17-40-3)42(5,6,7)8)32(38)34-29(28(33)23-41-4)19-25-12-10-9-11-13-25/h9-13,20-21,24,27-29H,5,14-19,22-23,33H2,1-4,6-8H3,(H,34,38)/t24?,27?,28?,29-/m0/s1. The van der Waals surface area contributed by atoms with E-state index in [1.807, 2.05) is 42.5 Å². The van der Waals surface area contributed by atoms with Crippen molar-refractivity contribution in [3.05, 3.63) is 53.6 Å². The number of aromatic nitrogens is 1. The van der Waals surface area contributed by atoms with Gasteiger partial charge in [0.1, 0.15) is 11.6 Å². The number of pyridine rings is 1. The molecule has 0 spiro atoms. The Morgan fingerprint density at radius 3 is 2.26 bits per heavy atom. The summed E-state index contributed by atoms with van der Waals surface area (Å²) in [5.74, 6) is 7.17. The number of anilines is 2. The Morgan fingerprint density at radius 1 is 1.07 bits per heavy atom. The highest BCUT2D eigenvalue weighted by Gasteiger charge is 2.35. The van der Waals surface area contributed by atoms with Crippen LogP contribution in [0, 0.1) is 11.8 Å². The molecule has 1 aromatic heterocycles. The van der Waals surface area contributed by atoms with Crippen LogP contribution in [-0.2, 0) is 20.6 Å². The smallest absolute Gasteiger partial charge is 0.251 e. The van der Waals surface area contributed by atoms with Gasteiger partial charge in [0, 0.05) is 46.0 Å². The van der Waals surface area contributed by atoms with Gasteiger partial charge in [-0.05, 0) is 61.1 Å². The third-order valence-electron chi connectivity index (χ3n) is 7.74. The number of rotatable bonds is 18. The minimum atomic E-state index is -2.32. The zero-order chi connectivity index (χ0) is 30.9. The largest absolute Gasteiger partial charge is 0.383 e. The summed E-state index contributed by atoms with van der Waals surface area (Å²) in [7, 11) is 2.70. The zero-order valence-electron chi connectivity index (χ0n) is 26.7. The van der Waals surface area contributed by atoms with E-state index in [1.54, 1.807) is 21.3 Å². The van der Waals surface area contributed by atoms with Crippen LogP contribution in [0.15, 0.2) is 42.5 Å². The van der Waals surface area contributed by atoms with Gasteiger partial charge in [-0.25, -0.2) is 4.98 Å². The monoisotopic (exact) mass is 603 g/mol. The Bertz CT molecular complexity index is 1210. The van der Waals surface area contributed by atoms with E-state index in [0.29, 0.717) is 62.5 Å². The Morgan fingerprint density at radius 2 is 1.69 bits per heavy atom. The van der Waals surface area contributed by atoms with Crippen molar-refractivity contribution < 1.29 is 19.0 Å². The van der Waals surface area contributed by atoms with Gasteiger partial charge in [-0.1, -0.05) is 43.1 Å². The molecule has 1 saturated carbocycles. The summed E-state index contributed by atoms with van der Waals surface area (Å²) < 4.78 is 18.5. The molecular formula is C32H53N5O4S. The normalized spacial score (nSPS) is 18.9. The minimum Gasteiger partial charge on any atom is -0.383 e. The van der Waals surface area contributed by atoms with Gasteiger partial charge in [-0.3, -0.25) is 4.79 Å². The molecule has 0 aliphatic heterocycles. The van der Waals surface area contributed by atoms with E-state index < -0.39 is 8.94 Å². The number of hydrogen-bond donors (Lipinski definition) is 2. The molecule has 236 valence electrons. The molecular weight excluding hydrogens is 550 g/mol. The third-order valence-corrected chi connectivity index (χ3v) is 9.75. The predicted octanol–water partition coefficient (Wildman–Crippen LogP) is 3.53. The summed E-state index contributed by atoms with van der Waals surface area (Å²) in [4.78, 5) is 21.4. The number of nitrogens with zero attached hydrogens (tertiary/aromatic N) is 3. The second-order valence-electron chi connectivity index (χ2n) is 12.7. The van der Waals surface area contributed by atoms with Crippen LogP contribution in [0.4, 0.5) is 11.6 Å². The van der Waals surface area contributed by atoms with Crippen LogP contribution in [0.3, 0.4) is 0 Å². The van der Waals surface area contributed by atoms with E-state index in [2.05, 4.69) is 46.1 Å². The Balaban J connectivity index is 2.05. The Hall–Kier alpha value is -2.50. The fourth-order valence-corrected chi connectivity index (χ4v) is 6.61. The van der Waals surface area contributed by atoms with Gasteiger partial charge >= 0.3 is 0 Å².